The van der Waals surface area contributed by atoms with Crippen molar-refractivity contribution in [3.05, 3.63) is 72.7 Å². The van der Waals surface area contributed by atoms with Crippen LogP contribution >= 0.6 is 0 Å². The Labute approximate surface area is 149 Å². The number of para-hydroxylation sites is 1. The topological polar surface area (TPSA) is 39.5 Å². The summed E-state index contributed by atoms with van der Waals surface area (Å²) in [5, 5.41) is 1.17. The van der Waals surface area contributed by atoms with Crippen LogP contribution in [-0.4, -0.2) is 19.1 Å². The van der Waals surface area contributed by atoms with Gasteiger partial charge in [0.2, 0.25) is 5.52 Å². The Bertz CT molecular complexity index is 1310. The van der Waals surface area contributed by atoms with Gasteiger partial charge in [-0.2, -0.15) is 4.57 Å². The zero-order valence-electron chi connectivity index (χ0n) is 14.3. The number of imidazole rings is 1. The van der Waals surface area contributed by atoms with Gasteiger partial charge in [-0.15, -0.1) is 0 Å². The van der Waals surface area contributed by atoms with E-state index in [4.69, 9.17) is 0 Å². The highest BCUT2D eigenvalue weighted by atomic mass is 15.3. The van der Waals surface area contributed by atoms with Crippen LogP contribution in [0.5, 0.6) is 0 Å². The summed E-state index contributed by atoms with van der Waals surface area (Å²) >= 11 is 0. The van der Waals surface area contributed by atoms with E-state index in [0.29, 0.717) is 0 Å². The first kappa shape index (κ1) is 13.8. The van der Waals surface area contributed by atoms with Crippen LogP contribution in [0.15, 0.2) is 67.0 Å². The number of rotatable bonds is 1. The van der Waals surface area contributed by atoms with Crippen molar-refractivity contribution in [2.45, 2.75) is 6.54 Å². The number of hydrogen-bond acceptors (Lipinski definition) is 2. The van der Waals surface area contributed by atoms with Crippen LogP contribution in [0.1, 0.15) is 5.69 Å². The van der Waals surface area contributed by atoms with Crippen molar-refractivity contribution in [3.63, 3.8) is 0 Å². The molecule has 0 N–H and O–H groups in total. The fraction of sp³-hybridized carbons (Fsp3) is 0.0952. The first-order chi connectivity index (χ1) is 12.8. The zero-order valence-corrected chi connectivity index (χ0v) is 14.3. The lowest BCUT2D eigenvalue weighted by atomic mass is 10.2. The Kier molecular flexibility index (Phi) is 2.54. The smallest absolute Gasteiger partial charge is 0.292 e. The summed E-state index contributed by atoms with van der Waals surface area (Å²) in [4.78, 5) is 9.24. The van der Waals surface area contributed by atoms with Crippen LogP contribution in [0.4, 0.5) is 0 Å². The van der Waals surface area contributed by atoms with Crippen LogP contribution in [0, 0.1) is 0 Å². The van der Waals surface area contributed by atoms with Crippen molar-refractivity contribution >= 4 is 22.2 Å². The average molecular weight is 338 g/mol. The number of aryl methyl sites for hydroxylation is 1. The van der Waals surface area contributed by atoms with Crippen LogP contribution in [-0.2, 0) is 13.6 Å². The molecular weight excluding hydrogens is 322 g/mol. The fourth-order valence-electron chi connectivity index (χ4n) is 4.24. The van der Waals surface area contributed by atoms with Crippen LogP contribution in [0.2, 0.25) is 0 Å². The number of fused-ring (bicyclic) bond motifs is 7. The van der Waals surface area contributed by atoms with Gasteiger partial charge in [0, 0.05) is 19.4 Å². The molecule has 5 aromatic rings. The van der Waals surface area contributed by atoms with Gasteiger partial charge >= 0.3 is 0 Å². The highest BCUT2D eigenvalue weighted by Crippen LogP contribution is 2.36. The van der Waals surface area contributed by atoms with E-state index in [0.717, 1.165) is 29.2 Å². The molecule has 6 rings (SSSR count). The average Bonchev–Trinajstić information content (AvgIpc) is 3.31. The van der Waals surface area contributed by atoms with Crippen LogP contribution < -0.4 is 4.57 Å². The van der Waals surface area contributed by atoms with Gasteiger partial charge in [-0.1, -0.05) is 18.2 Å². The summed E-state index contributed by atoms with van der Waals surface area (Å²) in [7, 11) is 2.09. The lowest BCUT2D eigenvalue weighted by Gasteiger charge is -2.03. The molecule has 4 aromatic heterocycles. The van der Waals surface area contributed by atoms with E-state index in [1.807, 2.05) is 24.5 Å². The maximum absolute atomic E-state index is 4.62. The summed E-state index contributed by atoms with van der Waals surface area (Å²) in [6.45, 7) is 0.788. The molecule has 0 bridgehead atoms. The Morgan fingerprint density at radius 1 is 0.923 bits per heavy atom. The molecule has 124 valence electrons. The van der Waals surface area contributed by atoms with E-state index in [9.17, 15) is 0 Å². The van der Waals surface area contributed by atoms with Gasteiger partial charge in [0.1, 0.15) is 17.9 Å². The number of benzene rings is 1. The second kappa shape index (κ2) is 4.79. The van der Waals surface area contributed by atoms with Gasteiger partial charge in [-0.25, -0.2) is 9.55 Å². The van der Waals surface area contributed by atoms with Gasteiger partial charge in [0.15, 0.2) is 0 Å². The van der Waals surface area contributed by atoms with Crippen molar-refractivity contribution in [2.24, 2.45) is 7.05 Å². The monoisotopic (exact) mass is 338 g/mol. The van der Waals surface area contributed by atoms with Gasteiger partial charge in [0.25, 0.3) is 11.5 Å². The molecule has 0 amide bonds. The number of pyridine rings is 2. The first-order valence-corrected chi connectivity index (χ1v) is 8.72. The largest absolute Gasteiger partial charge is 0.298 e. The Morgan fingerprint density at radius 2 is 1.73 bits per heavy atom. The second-order valence-corrected chi connectivity index (χ2v) is 6.68. The van der Waals surface area contributed by atoms with Crippen molar-refractivity contribution in [1.29, 1.82) is 0 Å². The summed E-state index contributed by atoms with van der Waals surface area (Å²) in [6.07, 6.45) is 3.73. The molecule has 0 unspecified atom stereocenters. The molecule has 1 aliphatic heterocycles. The molecule has 5 heteroatoms. The molecule has 0 fully saturated rings. The highest BCUT2D eigenvalue weighted by Gasteiger charge is 2.38. The van der Waals surface area contributed by atoms with Gasteiger partial charge in [-0.05, 0) is 36.4 Å². The molecule has 0 radical (unpaired) electrons. The van der Waals surface area contributed by atoms with Gasteiger partial charge < -0.3 is 0 Å². The summed E-state index contributed by atoms with van der Waals surface area (Å²) < 4.78 is 6.91. The number of hydrogen-bond donors (Lipinski definition) is 0. The van der Waals surface area contributed by atoms with Crippen LogP contribution in [0.25, 0.3) is 39.3 Å². The zero-order chi connectivity index (χ0) is 17.3. The van der Waals surface area contributed by atoms with E-state index in [-0.39, 0.29) is 0 Å². The predicted octanol–water partition coefficient (Wildman–Crippen LogP) is 3.23. The van der Waals surface area contributed by atoms with Crippen LogP contribution in [0.3, 0.4) is 0 Å². The second-order valence-electron chi connectivity index (χ2n) is 6.68. The molecule has 0 aliphatic carbocycles. The molecule has 26 heavy (non-hydrogen) atoms. The minimum absolute atomic E-state index is 0.788. The minimum Gasteiger partial charge on any atom is -0.292 e. The number of nitrogens with zero attached hydrogens (tertiary/aromatic N) is 5. The molecule has 1 aromatic carbocycles. The third kappa shape index (κ3) is 1.57. The summed E-state index contributed by atoms with van der Waals surface area (Å²) in [5.74, 6) is 1.19. The molecule has 0 spiro atoms. The first-order valence-electron chi connectivity index (χ1n) is 8.72. The van der Waals surface area contributed by atoms with E-state index < -0.39 is 0 Å². The standard InChI is InChI=1S/C21H16N5/c1-24-19-16(10-6-12-23-19)18-21(24)26(14-7-3-2-4-8-14)20-15-9-5-11-22-17(15)13-25(18)20/h2-12H,13H2,1H3/q+1. The fourth-order valence-corrected chi connectivity index (χ4v) is 4.24. The molecule has 5 nitrogen and oxygen atoms in total. The predicted molar refractivity (Wildman–Crippen MR) is 100 cm³/mol. The van der Waals surface area contributed by atoms with Crippen molar-refractivity contribution < 1.29 is 4.57 Å². The number of aromatic nitrogens is 5. The van der Waals surface area contributed by atoms with E-state index >= 15 is 0 Å². The maximum atomic E-state index is 4.62. The van der Waals surface area contributed by atoms with Crippen molar-refractivity contribution in [3.8, 4) is 17.1 Å². The summed E-state index contributed by atoms with van der Waals surface area (Å²) in [6, 6.07) is 18.9. The normalized spacial score (nSPS) is 12.7. The van der Waals surface area contributed by atoms with Gasteiger partial charge in [0.05, 0.1) is 16.6 Å². The van der Waals surface area contributed by atoms with Crippen molar-refractivity contribution in [2.75, 3.05) is 0 Å². The SMILES string of the molecule is Cn1c2ncccc2c2c1n(-c1ccccc1)c1[n+]2Cc2ncccc2-1. The molecular formula is C21H16N5+. The summed E-state index contributed by atoms with van der Waals surface area (Å²) in [5.41, 5.74) is 6.84. The highest BCUT2D eigenvalue weighted by molar-refractivity contribution is 6.02. The van der Waals surface area contributed by atoms with Crippen molar-refractivity contribution in [1.82, 2.24) is 19.1 Å². The van der Waals surface area contributed by atoms with Gasteiger partial charge in [-0.3, -0.25) is 9.55 Å². The Balaban J connectivity index is 1.87. The third-order valence-electron chi connectivity index (χ3n) is 5.29. The molecule has 0 atom stereocenters. The lowest BCUT2D eigenvalue weighted by Crippen LogP contribution is -2.31. The molecule has 5 heterocycles. The minimum atomic E-state index is 0.788. The Hall–Kier alpha value is -3.47. The van der Waals surface area contributed by atoms with E-state index in [1.54, 1.807) is 0 Å². The molecule has 1 aliphatic rings. The van der Waals surface area contributed by atoms with E-state index in [2.05, 4.69) is 73.2 Å². The quantitative estimate of drug-likeness (QED) is 0.432. The Morgan fingerprint density at radius 3 is 2.62 bits per heavy atom. The lowest BCUT2D eigenvalue weighted by molar-refractivity contribution is -0.645. The van der Waals surface area contributed by atoms with E-state index in [1.165, 1.54) is 22.3 Å². The molecule has 0 saturated heterocycles. The molecule has 0 saturated carbocycles. The maximum Gasteiger partial charge on any atom is 0.298 e. The third-order valence-corrected chi connectivity index (χ3v) is 5.29.